The van der Waals surface area contributed by atoms with Crippen LogP contribution in [0.4, 0.5) is 0 Å². The van der Waals surface area contributed by atoms with Crippen molar-refractivity contribution in [1.29, 1.82) is 0 Å². The molecule has 1 fully saturated rings. The van der Waals surface area contributed by atoms with Crippen LogP contribution < -0.4 is 5.73 Å². The van der Waals surface area contributed by atoms with Crippen LogP contribution in [0.1, 0.15) is 64.7 Å². The number of aryl methyl sites for hydroxylation is 1. The predicted octanol–water partition coefficient (Wildman–Crippen LogP) is 5.29. The molecular weight excluding hydrogens is 458 g/mol. The van der Waals surface area contributed by atoms with Crippen LogP contribution in [-0.2, 0) is 12.0 Å². The molecule has 1 saturated heterocycles. The lowest BCUT2D eigenvalue weighted by Crippen LogP contribution is -2.38. The molecular formula is C27H29N5O2S. The Morgan fingerprint density at radius 1 is 1.17 bits per heavy atom. The first-order valence-corrected chi connectivity index (χ1v) is 12.8. The Bertz CT molecular complexity index is 1310. The quantitative estimate of drug-likeness (QED) is 0.397. The van der Waals surface area contributed by atoms with Gasteiger partial charge in [-0.15, -0.1) is 21.5 Å². The van der Waals surface area contributed by atoms with Crippen LogP contribution >= 0.6 is 11.3 Å². The average Bonchev–Trinajstić information content (AvgIpc) is 3.54. The third-order valence-electron chi connectivity index (χ3n) is 6.37. The maximum atomic E-state index is 13.6. The summed E-state index contributed by atoms with van der Waals surface area (Å²) in [6.07, 6.45) is 3.59. The summed E-state index contributed by atoms with van der Waals surface area (Å²) < 4.78 is 6.00. The first-order chi connectivity index (χ1) is 16.9. The minimum absolute atomic E-state index is 0.00289. The van der Waals surface area contributed by atoms with Crippen molar-refractivity contribution in [2.75, 3.05) is 6.54 Å². The van der Waals surface area contributed by atoms with E-state index < -0.39 is 5.54 Å². The number of benzene rings is 2. The number of rotatable bonds is 6. The molecule has 35 heavy (non-hydrogen) atoms. The second kappa shape index (κ2) is 9.71. The van der Waals surface area contributed by atoms with Gasteiger partial charge in [-0.05, 0) is 63.3 Å². The number of hydrogen-bond donors (Lipinski definition) is 1. The van der Waals surface area contributed by atoms with Gasteiger partial charge < -0.3 is 15.1 Å². The monoisotopic (exact) mass is 487 g/mol. The van der Waals surface area contributed by atoms with Crippen LogP contribution in [-0.4, -0.2) is 32.5 Å². The van der Waals surface area contributed by atoms with Crippen LogP contribution in [0.3, 0.4) is 0 Å². The first kappa shape index (κ1) is 23.4. The lowest BCUT2D eigenvalue weighted by molar-refractivity contribution is 0.0611. The molecule has 0 aliphatic carbocycles. The molecule has 0 spiro atoms. The lowest BCUT2D eigenvalue weighted by Gasteiger charge is -2.34. The fourth-order valence-electron chi connectivity index (χ4n) is 4.57. The Balaban J connectivity index is 1.37. The van der Waals surface area contributed by atoms with E-state index in [-0.39, 0.29) is 11.9 Å². The fraction of sp³-hybridized carbons (Fsp3) is 0.333. The number of nitrogens with two attached hydrogens (primary N) is 1. The molecule has 4 aromatic rings. The molecule has 2 N–H and O–H groups in total. The van der Waals surface area contributed by atoms with Gasteiger partial charge in [-0.2, -0.15) is 0 Å². The molecule has 0 radical (unpaired) electrons. The zero-order valence-electron chi connectivity index (χ0n) is 20.0. The summed E-state index contributed by atoms with van der Waals surface area (Å²) in [6, 6.07) is 17.4. The molecule has 2 aromatic carbocycles. The molecule has 5 rings (SSSR count). The molecule has 0 bridgehead atoms. The van der Waals surface area contributed by atoms with Gasteiger partial charge in [0, 0.05) is 28.7 Å². The van der Waals surface area contributed by atoms with E-state index in [0.717, 1.165) is 42.1 Å². The molecule has 1 aliphatic rings. The summed E-state index contributed by atoms with van der Waals surface area (Å²) in [5.41, 5.74) is 9.12. The zero-order valence-corrected chi connectivity index (χ0v) is 20.8. The van der Waals surface area contributed by atoms with Gasteiger partial charge in [-0.25, -0.2) is 4.98 Å². The molecule has 180 valence electrons. The first-order valence-electron chi connectivity index (χ1n) is 11.9. The van der Waals surface area contributed by atoms with E-state index >= 15 is 0 Å². The summed E-state index contributed by atoms with van der Waals surface area (Å²) in [6.45, 7) is 4.60. The number of piperidine rings is 1. The van der Waals surface area contributed by atoms with Gasteiger partial charge >= 0.3 is 0 Å². The highest BCUT2D eigenvalue weighted by Crippen LogP contribution is 2.34. The van der Waals surface area contributed by atoms with Gasteiger partial charge in [0.15, 0.2) is 0 Å². The van der Waals surface area contributed by atoms with Gasteiger partial charge in [-0.1, -0.05) is 36.4 Å². The van der Waals surface area contributed by atoms with Gasteiger partial charge in [0.2, 0.25) is 11.8 Å². The van der Waals surface area contributed by atoms with Crippen LogP contribution in [0.2, 0.25) is 0 Å². The van der Waals surface area contributed by atoms with Crippen molar-refractivity contribution in [2.24, 2.45) is 5.73 Å². The Hall–Kier alpha value is -3.36. The normalized spacial score (nSPS) is 17.8. The van der Waals surface area contributed by atoms with E-state index in [2.05, 4.69) is 15.2 Å². The van der Waals surface area contributed by atoms with Crippen LogP contribution in [0.5, 0.6) is 0 Å². The largest absolute Gasteiger partial charge is 0.419 e. The van der Waals surface area contributed by atoms with E-state index in [1.807, 2.05) is 78.7 Å². The third-order valence-corrected chi connectivity index (χ3v) is 7.43. The van der Waals surface area contributed by atoms with E-state index in [9.17, 15) is 4.79 Å². The third kappa shape index (κ3) is 5.04. The molecule has 1 aliphatic heterocycles. The second-order valence-corrected chi connectivity index (χ2v) is 10.3. The lowest BCUT2D eigenvalue weighted by atomic mass is 9.94. The summed E-state index contributed by atoms with van der Waals surface area (Å²) in [5.74, 6) is 0.713. The zero-order chi connectivity index (χ0) is 24.4. The van der Waals surface area contributed by atoms with E-state index in [0.29, 0.717) is 29.3 Å². The summed E-state index contributed by atoms with van der Waals surface area (Å²) in [4.78, 5) is 20.2. The summed E-state index contributed by atoms with van der Waals surface area (Å²) >= 11 is 1.63. The number of amides is 1. The Morgan fingerprint density at radius 3 is 2.77 bits per heavy atom. The average molecular weight is 488 g/mol. The van der Waals surface area contributed by atoms with Crippen molar-refractivity contribution in [1.82, 2.24) is 20.1 Å². The maximum Gasteiger partial charge on any atom is 0.254 e. The minimum Gasteiger partial charge on any atom is -0.419 e. The number of hydrogen-bond acceptors (Lipinski definition) is 7. The Labute approximate surface area is 209 Å². The van der Waals surface area contributed by atoms with Crippen molar-refractivity contribution in [3.8, 4) is 11.5 Å². The molecule has 0 saturated carbocycles. The van der Waals surface area contributed by atoms with Crippen molar-refractivity contribution in [3.05, 3.63) is 87.7 Å². The Kier molecular flexibility index (Phi) is 6.49. The molecule has 2 aromatic heterocycles. The van der Waals surface area contributed by atoms with Gasteiger partial charge in [0.1, 0.15) is 5.01 Å². The molecule has 3 heterocycles. The second-order valence-electron chi connectivity index (χ2n) is 9.41. The van der Waals surface area contributed by atoms with Crippen LogP contribution in [0, 0.1) is 6.92 Å². The molecule has 1 amide bonds. The standard InChI is InChI=1S/C27H29N5O2S/c1-18-17-35-24(29-18)22-13-6-7-14-32(22)25(33)21-12-8-11-20(15-21)23-30-31-26(34-23)27(2,28)16-19-9-4-3-5-10-19/h3-5,8-12,15,17,22H,6-7,13-14,16,28H2,1-2H3. The van der Waals surface area contributed by atoms with E-state index in [1.165, 1.54) is 0 Å². The van der Waals surface area contributed by atoms with Crippen LogP contribution in [0.15, 0.2) is 64.4 Å². The van der Waals surface area contributed by atoms with Crippen molar-refractivity contribution >= 4 is 17.2 Å². The fourth-order valence-corrected chi connectivity index (χ4v) is 5.52. The van der Waals surface area contributed by atoms with Crippen LogP contribution in [0.25, 0.3) is 11.5 Å². The van der Waals surface area contributed by atoms with Crippen molar-refractivity contribution in [2.45, 2.75) is 51.1 Å². The highest BCUT2D eigenvalue weighted by molar-refractivity contribution is 7.09. The van der Waals surface area contributed by atoms with Gasteiger partial charge in [0.05, 0.1) is 11.6 Å². The van der Waals surface area contributed by atoms with E-state index in [4.69, 9.17) is 10.2 Å². The number of carbonyl (C=O) groups is 1. The van der Waals surface area contributed by atoms with E-state index in [1.54, 1.807) is 11.3 Å². The van der Waals surface area contributed by atoms with Gasteiger partial charge in [0.25, 0.3) is 5.91 Å². The molecule has 2 unspecified atom stereocenters. The maximum absolute atomic E-state index is 13.6. The summed E-state index contributed by atoms with van der Waals surface area (Å²) in [5, 5.41) is 11.5. The highest BCUT2D eigenvalue weighted by atomic mass is 32.1. The SMILES string of the molecule is Cc1csc(C2CCCCN2C(=O)c2cccc(-c3nnc(C(C)(N)Cc4ccccc4)o3)c2)n1. The molecule has 8 heteroatoms. The number of carbonyl (C=O) groups excluding carboxylic acids is 1. The van der Waals surface area contributed by atoms with Crippen molar-refractivity contribution in [3.63, 3.8) is 0 Å². The van der Waals surface area contributed by atoms with Crippen molar-refractivity contribution < 1.29 is 9.21 Å². The highest BCUT2D eigenvalue weighted by Gasteiger charge is 2.32. The predicted molar refractivity (Wildman–Crippen MR) is 136 cm³/mol. The topological polar surface area (TPSA) is 98.1 Å². The smallest absolute Gasteiger partial charge is 0.254 e. The van der Waals surface area contributed by atoms with Gasteiger partial charge in [-0.3, -0.25) is 4.79 Å². The number of aromatic nitrogens is 3. The Morgan fingerprint density at radius 2 is 2.00 bits per heavy atom. The number of nitrogens with zero attached hydrogens (tertiary/aromatic N) is 4. The number of thiazole rings is 1. The molecule has 7 nitrogen and oxygen atoms in total. The molecule has 2 atom stereocenters. The number of likely N-dealkylation sites (tertiary alicyclic amines) is 1. The summed E-state index contributed by atoms with van der Waals surface area (Å²) in [7, 11) is 0. The minimum atomic E-state index is -0.813.